The van der Waals surface area contributed by atoms with Crippen LogP contribution in [-0.2, 0) is 9.84 Å². The number of allylic oxidation sites excluding steroid dienone is 1. The Kier molecular flexibility index (Phi) is 9.45. The Balaban J connectivity index is 0.00000380. The molecule has 2 aliphatic rings. The Morgan fingerprint density at radius 3 is 2.41 bits per heavy atom. The maximum atomic E-state index is 13.3. The molecule has 0 spiro atoms. The van der Waals surface area contributed by atoms with Gasteiger partial charge in [-0.05, 0) is 42.0 Å². The third-order valence-corrected chi connectivity index (χ3v) is 8.80. The lowest BCUT2D eigenvalue weighted by atomic mass is 9.74. The van der Waals surface area contributed by atoms with E-state index in [0.717, 1.165) is 43.1 Å². The molecule has 37 heavy (non-hydrogen) atoms. The standard InChI is InChI=1S/C27H34ClN3O4S.ClH/c1-19(20-16-23(28)26(35-3)24(17-20)34-2)27(30-21-8-6-5-7-9-21)18-22(31-14-12-29-13-15-31)10-11-25(27)36(4,32)33;/h5-11,16-19,25,29-30H,12-15H2,1-4H3;1H. The summed E-state index contributed by atoms with van der Waals surface area (Å²) in [6.45, 7) is 5.47. The first kappa shape index (κ1) is 29.2. The molecule has 1 heterocycles. The van der Waals surface area contributed by atoms with Crippen molar-refractivity contribution in [2.24, 2.45) is 0 Å². The number of nitrogens with zero attached hydrogens (tertiary/aromatic N) is 1. The van der Waals surface area contributed by atoms with E-state index in [1.807, 2.05) is 61.5 Å². The Bertz CT molecular complexity index is 1250. The van der Waals surface area contributed by atoms with E-state index in [1.165, 1.54) is 6.26 Å². The minimum Gasteiger partial charge on any atom is -0.493 e. The zero-order valence-corrected chi connectivity index (χ0v) is 23.9. The molecule has 3 unspecified atom stereocenters. The molecule has 3 atom stereocenters. The van der Waals surface area contributed by atoms with E-state index in [9.17, 15) is 8.42 Å². The number of para-hydroxylation sites is 1. The lowest BCUT2D eigenvalue weighted by Gasteiger charge is -2.46. The van der Waals surface area contributed by atoms with Gasteiger partial charge in [0.25, 0.3) is 0 Å². The van der Waals surface area contributed by atoms with E-state index in [2.05, 4.69) is 21.6 Å². The number of piperazine rings is 1. The smallest absolute Gasteiger partial charge is 0.179 e. The van der Waals surface area contributed by atoms with Gasteiger partial charge in [-0.25, -0.2) is 8.42 Å². The second-order valence-electron chi connectivity index (χ2n) is 9.30. The van der Waals surface area contributed by atoms with Crippen LogP contribution in [0.3, 0.4) is 0 Å². The summed E-state index contributed by atoms with van der Waals surface area (Å²) < 4.78 is 37.6. The van der Waals surface area contributed by atoms with Crippen LogP contribution in [-0.4, -0.2) is 70.8 Å². The molecule has 0 aromatic heterocycles. The van der Waals surface area contributed by atoms with Gasteiger partial charge < -0.3 is 25.0 Å². The van der Waals surface area contributed by atoms with E-state index in [1.54, 1.807) is 14.2 Å². The number of ether oxygens (including phenoxy) is 2. The summed E-state index contributed by atoms with van der Waals surface area (Å²) in [6.07, 6.45) is 7.14. The molecular formula is C27H35Cl2N3O4S. The lowest BCUT2D eigenvalue weighted by molar-refractivity contribution is 0.300. The molecule has 4 rings (SSSR count). The number of nitrogens with one attached hydrogen (secondary N) is 2. The summed E-state index contributed by atoms with van der Waals surface area (Å²) >= 11 is 6.59. The second kappa shape index (κ2) is 12.0. The molecule has 1 fully saturated rings. The molecule has 2 N–H and O–H groups in total. The monoisotopic (exact) mass is 567 g/mol. The van der Waals surface area contributed by atoms with Gasteiger partial charge in [-0.3, -0.25) is 0 Å². The van der Waals surface area contributed by atoms with Gasteiger partial charge in [0, 0.05) is 49.7 Å². The van der Waals surface area contributed by atoms with Gasteiger partial charge >= 0.3 is 0 Å². The summed E-state index contributed by atoms with van der Waals surface area (Å²) in [5, 5.41) is 6.60. The topological polar surface area (TPSA) is 79.9 Å². The van der Waals surface area contributed by atoms with Crippen molar-refractivity contribution in [3.63, 3.8) is 0 Å². The van der Waals surface area contributed by atoms with Crippen LogP contribution in [0, 0.1) is 0 Å². The van der Waals surface area contributed by atoms with Gasteiger partial charge in [-0.2, -0.15) is 0 Å². The fraction of sp³-hybridized carbons (Fsp3) is 0.407. The third kappa shape index (κ3) is 6.03. The number of halogens is 2. The van der Waals surface area contributed by atoms with Crippen LogP contribution in [0.25, 0.3) is 0 Å². The highest BCUT2D eigenvalue weighted by molar-refractivity contribution is 7.91. The molecule has 1 aliphatic carbocycles. The summed E-state index contributed by atoms with van der Waals surface area (Å²) in [6, 6.07) is 13.4. The summed E-state index contributed by atoms with van der Waals surface area (Å²) in [4.78, 5) is 2.29. The highest BCUT2D eigenvalue weighted by Gasteiger charge is 2.48. The lowest BCUT2D eigenvalue weighted by Crippen LogP contribution is -2.56. The van der Waals surface area contributed by atoms with Gasteiger partial charge in [0.05, 0.1) is 24.8 Å². The van der Waals surface area contributed by atoms with Gasteiger partial charge in [0.1, 0.15) is 5.25 Å². The van der Waals surface area contributed by atoms with E-state index < -0.39 is 20.6 Å². The maximum Gasteiger partial charge on any atom is 0.179 e. The Labute approximate surface area is 231 Å². The summed E-state index contributed by atoms with van der Waals surface area (Å²) in [7, 11) is -0.411. The number of anilines is 1. The predicted molar refractivity (Wildman–Crippen MR) is 153 cm³/mol. The molecule has 2 aromatic carbocycles. The molecule has 10 heteroatoms. The molecule has 202 valence electrons. The highest BCUT2D eigenvalue weighted by atomic mass is 35.5. The van der Waals surface area contributed by atoms with Gasteiger partial charge in [-0.15, -0.1) is 12.4 Å². The summed E-state index contributed by atoms with van der Waals surface area (Å²) in [5.41, 5.74) is 1.65. The van der Waals surface area contributed by atoms with Crippen LogP contribution in [0.4, 0.5) is 5.69 Å². The number of sulfone groups is 1. The van der Waals surface area contributed by atoms with Crippen LogP contribution in [0.2, 0.25) is 5.02 Å². The molecule has 0 bridgehead atoms. The molecular weight excluding hydrogens is 533 g/mol. The van der Waals surface area contributed by atoms with Crippen LogP contribution in [0.15, 0.2) is 66.4 Å². The number of rotatable bonds is 8. The maximum absolute atomic E-state index is 13.3. The number of hydrogen-bond acceptors (Lipinski definition) is 7. The van der Waals surface area contributed by atoms with E-state index >= 15 is 0 Å². The van der Waals surface area contributed by atoms with Crippen LogP contribution in [0.1, 0.15) is 18.4 Å². The Hall–Kier alpha value is -2.39. The van der Waals surface area contributed by atoms with Crippen LogP contribution >= 0.6 is 24.0 Å². The van der Waals surface area contributed by atoms with Gasteiger partial charge in [0.15, 0.2) is 21.3 Å². The largest absolute Gasteiger partial charge is 0.493 e. The minimum atomic E-state index is -3.51. The fourth-order valence-electron chi connectivity index (χ4n) is 5.16. The van der Waals surface area contributed by atoms with Crippen molar-refractivity contribution < 1.29 is 17.9 Å². The van der Waals surface area contributed by atoms with Crippen molar-refractivity contribution in [1.29, 1.82) is 0 Å². The normalized spacial score (nSPS) is 22.5. The van der Waals surface area contributed by atoms with Crippen molar-refractivity contribution in [2.75, 3.05) is 52.0 Å². The van der Waals surface area contributed by atoms with Crippen molar-refractivity contribution in [3.05, 3.63) is 77.0 Å². The minimum absolute atomic E-state index is 0. The average Bonchev–Trinajstić information content (AvgIpc) is 2.88. The molecule has 1 saturated heterocycles. The molecule has 0 saturated carbocycles. The van der Waals surface area contributed by atoms with Crippen molar-refractivity contribution in [3.8, 4) is 11.5 Å². The number of benzene rings is 2. The zero-order valence-electron chi connectivity index (χ0n) is 21.5. The first-order valence-corrected chi connectivity index (χ1v) is 14.3. The van der Waals surface area contributed by atoms with Crippen molar-refractivity contribution in [1.82, 2.24) is 10.2 Å². The Morgan fingerprint density at radius 1 is 1.14 bits per heavy atom. The van der Waals surface area contributed by atoms with Gasteiger partial charge in [0.2, 0.25) is 0 Å². The fourth-order valence-corrected chi connectivity index (χ4v) is 6.86. The van der Waals surface area contributed by atoms with Crippen molar-refractivity contribution in [2.45, 2.75) is 23.6 Å². The van der Waals surface area contributed by atoms with Crippen molar-refractivity contribution >= 4 is 39.5 Å². The molecule has 1 aliphatic heterocycles. The number of hydrogen-bond donors (Lipinski definition) is 2. The third-order valence-electron chi connectivity index (χ3n) is 7.05. The SMILES string of the molecule is COc1cc(C(C)C2(Nc3ccccc3)C=C(N3CCNCC3)C=CC2S(C)(=O)=O)cc(Cl)c1OC.Cl. The molecule has 0 radical (unpaired) electrons. The van der Waals surface area contributed by atoms with E-state index in [0.29, 0.717) is 16.5 Å². The second-order valence-corrected chi connectivity index (χ2v) is 11.9. The zero-order chi connectivity index (χ0) is 25.9. The van der Waals surface area contributed by atoms with Crippen LogP contribution in [0.5, 0.6) is 11.5 Å². The summed E-state index contributed by atoms with van der Waals surface area (Å²) in [5.74, 6) is 0.619. The first-order chi connectivity index (χ1) is 17.2. The van der Waals surface area contributed by atoms with E-state index in [4.69, 9.17) is 21.1 Å². The Morgan fingerprint density at radius 2 is 1.81 bits per heavy atom. The number of methoxy groups -OCH3 is 2. The van der Waals surface area contributed by atoms with Gasteiger partial charge in [-0.1, -0.05) is 42.8 Å². The van der Waals surface area contributed by atoms with Crippen LogP contribution < -0.4 is 20.1 Å². The molecule has 2 aromatic rings. The predicted octanol–water partition coefficient (Wildman–Crippen LogP) is 4.51. The molecule has 7 nitrogen and oxygen atoms in total. The van der Waals surface area contributed by atoms with E-state index in [-0.39, 0.29) is 18.3 Å². The quantitative estimate of drug-likeness (QED) is 0.486. The highest BCUT2D eigenvalue weighted by Crippen LogP contribution is 2.45. The average molecular weight is 569 g/mol. The first-order valence-electron chi connectivity index (χ1n) is 12.0. The molecule has 0 amide bonds.